The average molecular weight is 236 g/mol. The first-order chi connectivity index (χ1) is 8.11. The monoisotopic (exact) mass is 236 g/mol. The molecule has 1 saturated heterocycles. The van der Waals surface area contributed by atoms with E-state index in [1.165, 1.54) is 0 Å². The molecule has 1 fully saturated rings. The molecule has 1 aliphatic heterocycles. The molecule has 0 aromatic carbocycles. The van der Waals surface area contributed by atoms with Gasteiger partial charge in [-0.15, -0.1) is 0 Å². The van der Waals surface area contributed by atoms with E-state index in [-0.39, 0.29) is 17.7 Å². The van der Waals surface area contributed by atoms with Crippen LogP contribution in [0.25, 0.3) is 0 Å². The molecule has 1 N–H and O–H groups in total. The number of aryl methyl sites for hydroxylation is 1. The fourth-order valence-electron chi connectivity index (χ4n) is 2.08. The van der Waals surface area contributed by atoms with E-state index in [4.69, 9.17) is 0 Å². The molecule has 1 unspecified atom stereocenters. The molecule has 1 atom stereocenters. The van der Waals surface area contributed by atoms with Crippen molar-refractivity contribution in [2.45, 2.75) is 6.42 Å². The van der Waals surface area contributed by atoms with Gasteiger partial charge in [0.05, 0.1) is 17.7 Å². The molecule has 1 aromatic rings. The molecule has 2 rings (SSSR count). The fraction of sp³-hybridized carbons (Fsp3) is 0.545. The minimum atomic E-state index is -0.0828. The van der Waals surface area contributed by atoms with Gasteiger partial charge in [0.15, 0.2) is 0 Å². The number of carbonyl (C=O) groups is 2. The first kappa shape index (κ1) is 11.6. The molecule has 0 saturated carbocycles. The highest BCUT2D eigenvalue weighted by Gasteiger charge is 2.31. The van der Waals surface area contributed by atoms with Gasteiger partial charge in [0.2, 0.25) is 5.91 Å². The zero-order chi connectivity index (χ0) is 12.4. The molecular formula is C11H16N4O2. The molecular weight excluding hydrogens is 220 g/mol. The molecule has 0 aliphatic carbocycles. The van der Waals surface area contributed by atoms with Crippen LogP contribution in [0, 0.1) is 5.92 Å². The van der Waals surface area contributed by atoms with Crippen LogP contribution >= 0.6 is 0 Å². The Hall–Kier alpha value is -1.85. The molecule has 0 bridgehead atoms. The third-order valence-corrected chi connectivity index (χ3v) is 3.04. The lowest BCUT2D eigenvalue weighted by Crippen LogP contribution is -2.32. The maximum atomic E-state index is 12.1. The number of likely N-dealkylation sites (tertiary alicyclic amines) is 1. The van der Waals surface area contributed by atoms with Crippen molar-refractivity contribution in [1.29, 1.82) is 0 Å². The van der Waals surface area contributed by atoms with Gasteiger partial charge < -0.3 is 10.2 Å². The number of hydrogen-bond acceptors (Lipinski definition) is 3. The van der Waals surface area contributed by atoms with Crippen molar-refractivity contribution >= 4 is 11.8 Å². The van der Waals surface area contributed by atoms with Crippen LogP contribution in [0.15, 0.2) is 12.4 Å². The molecule has 2 amide bonds. The van der Waals surface area contributed by atoms with Crippen LogP contribution in [0.5, 0.6) is 0 Å². The highest BCUT2D eigenvalue weighted by Crippen LogP contribution is 2.18. The summed E-state index contributed by atoms with van der Waals surface area (Å²) in [4.78, 5) is 25.2. The summed E-state index contributed by atoms with van der Waals surface area (Å²) in [6.45, 7) is 1.12. The zero-order valence-electron chi connectivity index (χ0n) is 10.0. The predicted molar refractivity (Wildman–Crippen MR) is 61.3 cm³/mol. The van der Waals surface area contributed by atoms with Crippen LogP contribution in [-0.4, -0.2) is 46.6 Å². The van der Waals surface area contributed by atoms with Crippen molar-refractivity contribution in [3.8, 4) is 0 Å². The van der Waals surface area contributed by atoms with E-state index in [2.05, 4.69) is 10.4 Å². The summed E-state index contributed by atoms with van der Waals surface area (Å²) in [5.41, 5.74) is 0.574. The highest BCUT2D eigenvalue weighted by atomic mass is 16.2. The van der Waals surface area contributed by atoms with Crippen molar-refractivity contribution < 1.29 is 9.59 Å². The summed E-state index contributed by atoms with van der Waals surface area (Å²) in [5, 5.41) is 6.59. The molecule has 6 nitrogen and oxygen atoms in total. The predicted octanol–water partition coefficient (Wildman–Crippen LogP) is -0.372. The van der Waals surface area contributed by atoms with Gasteiger partial charge in [-0.2, -0.15) is 5.10 Å². The summed E-state index contributed by atoms with van der Waals surface area (Å²) in [5.74, 6) is -0.128. The molecule has 17 heavy (non-hydrogen) atoms. The first-order valence-corrected chi connectivity index (χ1v) is 5.61. The van der Waals surface area contributed by atoms with Gasteiger partial charge in [0.25, 0.3) is 5.91 Å². The van der Waals surface area contributed by atoms with E-state index in [0.29, 0.717) is 18.7 Å². The van der Waals surface area contributed by atoms with E-state index in [1.54, 1.807) is 36.1 Å². The third-order valence-electron chi connectivity index (χ3n) is 3.04. The van der Waals surface area contributed by atoms with Crippen LogP contribution in [0.2, 0.25) is 0 Å². The molecule has 1 aromatic heterocycles. The van der Waals surface area contributed by atoms with E-state index in [1.807, 2.05) is 0 Å². The van der Waals surface area contributed by atoms with Gasteiger partial charge in [0.1, 0.15) is 0 Å². The number of carbonyl (C=O) groups excluding carboxylic acids is 2. The Bertz CT molecular complexity index is 440. The summed E-state index contributed by atoms with van der Waals surface area (Å²) in [6, 6.07) is 0. The Balaban J connectivity index is 2.01. The van der Waals surface area contributed by atoms with E-state index in [0.717, 1.165) is 6.42 Å². The minimum Gasteiger partial charge on any atom is -0.359 e. The molecule has 6 heteroatoms. The van der Waals surface area contributed by atoms with Gasteiger partial charge in [-0.1, -0.05) is 0 Å². The molecule has 2 heterocycles. The molecule has 0 radical (unpaired) electrons. The van der Waals surface area contributed by atoms with Crippen LogP contribution in [-0.2, 0) is 11.8 Å². The maximum absolute atomic E-state index is 12.1. The summed E-state index contributed by atoms with van der Waals surface area (Å²) < 4.78 is 1.60. The lowest BCUT2D eigenvalue weighted by Gasteiger charge is -2.14. The van der Waals surface area contributed by atoms with Crippen LogP contribution < -0.4 is 5.32 Å². The standard InChI is InChI=1S/C11H16N4O2/c1-12-10(16)8-3-4-15(7-8)11(17)9-5-13-14(2)6-9/h5-6,8H,3-4,7H2,1-2H3,(H,12,16). The number of hydrogen-bond donors (Lipinski definition) is 1. The molecule has 92 valence electrons. The number of rotatable bonds is 2. The number of amides is 2. The molecule has 0 spiro atoms. The molecule has 1 aliphatic rings. The van der Waals surface area contributed by atoms with E-state index < -0.39 is 0 Å². The van der Waals surface area contributed by atoms with E-state index in [9.17, 15) is 9.59 Å². The van der Waals surface area contributed by atoms with Gasteiger partial charge in [-0.05, 0) is 6.42 Å². The van der Waals surface area contributed by atoms with Gasteiger partial charge in [-0.25, -0.2) is 0 Å². The summed E-state index contributed by atoms with van der Waals surface area (Å²) in [6.07, 6.45) is 3.97. The SMILES string of the molecule is CNC(=O)C1CCN(C(=O)c2cnn(C)c2)C1. The smallest absolute Gasteiger partial charge is 0.257 e. The Labute approximate surface area is 99.6 Å². The van der Waals surface area contributed by atoms with E-state index >= 15 is 0 Å². The topological polar surface area (TPSA) is 67.2 Å². The number of nitrogens with one attached hydrogen (secondary N) is 1. The van der Waals surface area contributed by atoms with Crippen molar-refractivity contribution in [3.63, 3.8) is 0 Å². The summed E-state index contributed by atoms with van der Waals surface area (Å²) in [7, 11) is 3.39. The summed E-state index contributed by atoms with van der Waals surface area (Å²) >= 11 is 0. The van der Waals surface area contributed by atoms with Crippen molar-refractivity contribution in [2.24, 2.45) is 13.0 Å². The van der Waals surface area contributed by atoms with Gasteiger partial charge >= 0.3 is 0 Å². The quantitative estimate of drug-likeness (QED) is 0.761. The minimum absolute atomic E-state index is 0.00601. The van der Waals surface area contributed by atoms with Crippen molar-refractivity contribution in [2.75, 3.05) is 20.1 Å². The largest absolute Gasteiger partial charge is 0.359 e. The second-order valence-electron chi connectivity index (χ2n) is 4.25. The van der Waals surface area contributed by atoms with Crippen LogP contribution in [0.3, 0.4) is 0 Å². The Morgan fingerprint density at radius 1 is 1.53 bits per heavy atom. The average Bonchev–Trinajstić information content (AvgIpc) is 2.95. The van der Waals surface area contributed by atoms with Crippen LogP contribution in [0.1, 0.15) is 16.8 Å². The first-order valence-electron chi connectivity index (χ1n) is 5.61. The Morgan fingerprint density at radius 3 is 2.88 bits per heavy atom. The zero-order valence-corrected chi connectivity index (χ0v) is 10.0. The van der Waals surface area contributed by atoms with Crippen molar-refractivity contribution in [1.82, 2.24) is 20.0 Å². The Kier molecular flexibility index (Phi) is 3.12. The lowest BCUT2D eigenvalue weighted by atomic mass is 10.1. The lowest BCUT2D eigenvalue weighted by molar-refractivity contribution is -0.124. The van der Waals surface area contributed by atoms with Crippen LogP contribution in [0.4, 0.5) is 0 Å². The van der Waals surface area contributed by atoms with Crippen molar-refractivity contribution in [3.05, 3.63) is 18.0 Å². The second kappa shape index (κ2) is 4.57. The highest BCUT2D eigenvalue weighted by molar-refractivity contribution is 5.94. The normalized spacial score (nSPS) is 19.4. The maximum Gasteiger partial charge on any atom is 0.257 e. The number of aromatic nitrogens is 2. The third kappa shape index (κ3) is 2.30. The Morgan fingerprint density at radius 2 is 2.29 bits per heavy atom. The fourth-order valence-corrected chi connectivity index (χ4v) is 2.08. The van der Waals surface area contributed by atoms with Gasteiger partial charge in [-0.3, -0.25) is 14.3 Å². The van der Waals surface area contributed by atoms with Gasteiger partial charge in [0, 0.05) is 33.4 Å². The number of nitrogens with zero attached hydrogens (tertiary/aromatic N) is 3. The second-order valence-corrected chi connectivity index (χ2v) is 4.25.